The van der Waals surface area contributed by atoms with E-state index in [4.69, 9.17) is 5.73 Å². The number of fused-ring (bicyclic) bond motifs is 2. The molecule has 1 amide bonds. The molecule has 1 heterocycles. The summed E-state index contributed by atoms with van der Waals surface area (Å²) in [6.45, 7) is 0. The molecule has 6 heteroatoms. The number of rotatable bonds is 2. The predicted octanol–water partition coefficient (Wildman–Crippen LogP) is 2.56. The van der Waals surface area contributed by atoms with E-state index in [-0.39, 0.29) is 30.7 Å². The van der Waals surface area contributed by atoms with Crippen molar-refractivity contribution >= 4 is 30.7 Å². The van der Waals surface area contributed by atoms with Gasteiger partial charge in [0.25, 0.3) is 5.91 Å². The van der Waals surface area contributed by atoms with E-state index in [1.807, 2.05) is 12.1 Å². The summed E-state index contributed by atoms with van der Waals surface area (Å²) in [6.07, 6.45) is 7.41. The van der Waals surface area contributed by atoms with Crippen LogP contribution in [0.4, 0.5) is 0 Å². The maximum atomic E-state index is 12.2. The van der Waals surface area contributed by atoms with Gasteiger partial charge in [-0.15, -0.1) is 24.8 Å². The van der Waals surface area contributed by atoms with Crippen molar-refractivity contribution in [1.82, 2.24) is 10.3 Å². The predicted molar refractivity (Wildman–Crippen MR) is 88.0 cm³/mol. The first kappa shape index (κ1) is 18.2. The fraction of sp³-hybridized carbons (Fsp3) is 0.600. The van der Waals surface area contributed by atoms with Gasteiger partial charge in [0.05, 0.1) is 0 Å². The highest BCUT2D eigenvalue weighted by Crippen LogP contribution is 2.39. The third-order valence-corrected chi connectivity index (χ3v) is 4.57. The first-order chi connectivity index (χ1) is 9.24. The summed E-state index contributed by atoms with van der Waals surface area (Å²) in [7, 11) is 0. The van der Waals surface area contributed by atoms with Crippen molar-refractivity contribution in [3.63, 3.8) is 0 Å². The lowest BCUT2D eigenvalue weighted by molar-refractivity contribution is 0.0751. The Hall–Kier alpha value is -0.840. The van der Waals surface area contributed by atoms with E-state index in [0.29, 0.717) is 29.6 Å². The zero-order valence-electron chi connectivity index (χ0n) is 11.9. The Morgan fingerprint density at radius 2 is 1.86 bits per heavy atom. The van der Waals surface area contributed by atoms with E-state index in [0.717, 1.165) is 12.8 Å². The van der Waals surface area contributed by atoms with E-state index in [9.17, 15) is 4.79 Å². The minimum absolute atomic E-state index is 0. The molecule has 1 aromatic heterocycles. The number of amides is 1. The van der Waals surface area contributed by atoms with Crippen LogP contribution in [0.25, 0.3) is 0 Å². The lowest BCUT2D eigenvalue weighted by Gasteiger charge is -2.45. The van der Waals surface area contributed by atoms with Crippen molar-refractivity contribution in [2.45, 2.75) is 44.2 Å². The number of pyridine rings is 1. The molecule has 0 aromatic carbocycles. The van der Waals surface area contributed by atoms with Crippen molar-refractivity contribution in [3.05, 3.63) is 30.1 Å². The van der Waals surface area contributed by atoms with Gasteiger partial charge in [0, 0.05) is 18.3 Å². The Bertz CT molecular complexity index is 443. The molecule has 2 aliphatic carbocycles. The Kier molecular flexibility index (Phi) is 6.91. The number of nitrogens with one attached hydrogen (secondary N) is 1. The molecule has 3 rings (SSSR count). The molecule has 2 saturated carbocycles. The minimum Gasteiger partial charge on any atom is -0.347 e. The third kappa shape index (κ3) is 4.09. The van der Waals surface area contributed by atoms with Crippen LogP contribution in [0.1, 0.15) is 42.6 Å². The van der Waals surface area contributed by atoms with Gasteiger partial charge in [0.1, 0.15) is 5.69 Å². The Morgan fingerprint density at radius 3 is 2.43 bits per heavy atom. The number of carbonyl (C=O) groups excluding carboxylic acids is 1. The van der Waals surface area contributed by atoms with Crippen LogP contribution < -0.4 is 11.1 Å². The molecule has 0 spiro atoms. The van der Waals surface area contributed by atoms with Crippen LogP contribution in [0.5, 0.6) is 0 Å². The van der Waals surface area contributed by atoms with E-state index < -0.39 is 0 Å². The topological polar surface area (TPSA) is 68.0 Å². The standard InChI is InChI=1S/C15H21N3O.2ClH/c16-12-8-10-4-3-5-11(9-12)14(10)18-15(19)13-6-1-2-7-17-13;;/h1-2,6-7,10-12,14H,3-5,8-9,16H2,(H,18,19);2*1H. The highest BCUT2D eigenvalue weighted by atomic mass is 35.5. The Labute approximate surface area is 138 Å². The lowest BCUT2D eigenvalue weighted by Crippen LogP contribution is -2.53. The van der Waals surface area contributed by atoms with Crippen LogP contribution >= 0.6 is 24.8 Å². The van der Waals surface area contributed by atoms with Crippen LogP contribution in [0.15, 0.2) is 24.4 Å². The second kappa shape index (κ2) is 7.97. The molecule has 2 fully saturated rings. The monoisotopic (exact) mass is 331 g/mol. The van der Waals surface area contributed by atoms with Gasteiger partial charge in [-0.2, -0.15) is 0 Å². The molecule has 2 aliphatic rings. The third-order valence-electron chi connectivity index (χ3n) is 4.57. The lowest BCUT2D eigenvalue weighted by atomic mass is 9.67. The summed E-state index contributed by atoms with van der Waals surface area (Å²) in [6, 6.07) is 6.05. The average Bonchev–Trinajstić information content (AvgIpc) is 2.41. The normalized spacial score (nSPS) is 30.5. The average molecular weight is 332 g/mol. The number of nitrogens with two attached hydrogens (primary N) is 1. The van der Waals surface area contributed by atoms with Gasteiger partial charge in [0.2, 0.25) is 0 Å². The summed E-state index contributed by atoms with van der Waals surface area (Å²) < 4.78 is 0. The zero-order valence-corrected chi connectivity index (χ0v) is 13.5. The fourth-order valence-corrected chi connectivity index (χ4v) is 3.75. The maximum absolute atomic E-state index is 12.2. The molecule has 0 radical (unpaired) electrons. The molecule has 2 unspecified atom stereocenters. The second-order valence-electron chi connectivity index (χ2n) is 5.90. The Morgan fingerprint density at radius 1 is 1.19 bits per heavy atom. The number of halogens is 2. The van der Waals surface area contributed by atoms with Crippen molar-refractivity contribution in [2.75, 3.05) is 0 Å². The van der Waals surface area contributed by atoms with Crippen LogP contribution in [-0.2, 0) is 0 Å². The van der Waals surface area contributed by atoms with E-state index in [1.165, 1.54) is 19.3 Å². The van der Waals surface area contributed by atoms with Crippen LogP contribution in [0.2, 0.25) is 0 Å². The first-order valence-corrected chi connectivity index (χ1v) is 7.21. The molecule has 3 N–H and O–H groups in total. The maximum Gasteiger partial charge on any atom is 0.270 e. The molecule has 2 atom stereocenters. The number of hydrogen-bond donors (Lipinski definition) is 2. The van der Waals surface area contributed by atoms with E-state index >= 15 is 0 Å². The van der Waals surface area contributed by atoms with Crippen molar-refractivity contribution in [1.29, 1.82) is 0 Å². The molecule has 0 saturated heterocycles. The van der Waals surface area contributed by atoms with Crippen LogP contribution in [0, 0.1) is 11.8 Å². The van der Waals surface area contributed by atoms with Crippen molar-refractivity contribution in [3.8, 4) is 0 Å². The largest absolute Gasteiger partial charge is 0.347 e. The quantitative estimate of drug-likeness (QED) is 0.875. The first-order valence-electron chi connectivity index (χ1n) is 7.21. The molecule has 1 aromatic rings. The zero-order chi connectivity index (χ0) is 13.2. The van der Waals surface area contributed by atoms with Gasteiger partial charge in [-0.25, -0.2) is 0 Å². The van der Waals surface area contributed by atoms with Gasteiger partial charge in [0.15, 0.2) is 0 Å². The molecule has 2 bridgehead atoms. The fourth-order valence-electron chi connectivity index (χ4n) is 3.75. The molecular formula is C15H23Cl2N3O. The summed E-state index contributed by atoms with van der Waals surface area (Å²) in [5, 5.41) is 3.20. The van der Waals surface area contributed by atoms with E-state index in [1.54, 1.807) is 12.3 Å². The Balaban J connectivity index is 0.00000110. The number of aromatic nitrogens is 1. The highest BCUT2D eigenvalue weighted by Gasteiger charge is 2.39. The van der Waals surface area contributed by atoms with Gasteiger partial charge in [-0.1, -0.05) is 12.5 Å². The second-order valence-corrected chi connectivity index (χ2v) is 5.90. The van der Waals surface area contributed by atoms with Crippen LogP contribution in [0.3, 0.4) is 0 Å². The molecule has 118 valence electrons. The summed E-state index contributed by atoms with van der Waals surface area (Å²) in [5.74, 6) is 1.06. The molecule has 21 heavy (non-hydrogen) atoms. The highest BCUT2D eigenvalue weighted by molar-refractivity contribution is 5.92. The number of hydrogen-bond acceptors (Lipinski definition) is 3. The minimum atomic E-state index is -0.0435. The molecular weight excluding hydrogens is 309 g/mol. The number of nitrogens with zero attached hydrogens (tertiary/aromatic N) is 1. The summed E-state index contributed by atoms with van der Waals surface area (Å²) >= 11 is 0. The molecule has 4 nitrogen and oxygen atoms in total. The SMILES string of the molecule is Cl.Cl.NC1CC2CCCC(C1)C2NC(=O)c1ccccn1. The van der Waals surface area contributed by atoms with E-state index in [2.05, 4.69) is 10.3 Å². The number of carbonyl (C=O) groups is 1. The van der Waals surface area contributed by atoms with Gasteiger partial charge < -0.3 is 11.1 Å². The summed E-state index contributed by atoms with van der Waals surface area (Å²) in [5.41, 5.74) is 6.61. The summed E-state index contributed by atoms with van der Waals surface area (Å²) in [4.78, 5) is 16.3. The van der Waals surface area contributed by atoms with Gasteiger partial charge >= 0.3 is 0 Å². The smallest absolute Gasteiger partial charge is 0.270 e. The van der Waals surface area contributed by atoms with Crippen molar-refractivity contribution < 1.29 is 4.79 Å². The van der Waals surface area contributed by atoms with Gasteiger partial charge in [-0.3, -0.25) is 9.78 Å². The molecule has 0 aliphatic heterocycles. The van der Waals surface area contributed by atoms with Crippen LogP contribution in [-0.4, -0.2) is 23.0 Å². The van der Waals surface area contributed by atoms with Gasteiger partial charge in [-0.05, 0) is 49.7 Å². The van der Waals surface area contributed by atoms with Crippen molar-refractivity contribution in [2.24, 2.45) is 17.6 Å².